The maximum atomic E-state index is 9.19. The van der Waals surface area contributed by atoms with Crippen molar-refractivity contribution in [3.8, 4) is 5.75 Å². The highest BCUT2D eigenvalue weighted by atomic mass is 35.5. The van der Waals surface area contributed by atoms with Crippen LogP contribution in [0.15, 0.2) is 24.3 Å². The van der Waals surface area contributed by atoms with E-state index in [1.165, 1.54) is 6.42 Å². The summed E-state index contributed by atoms with van der Waals surface area (Å²) in [5.41, 5.74) is 0. The number of halogens is 1. The molecule has 17 heavy (non-hydrogen) atoms. The second-order valence-electron chi connectivity index (χ2n) is 4.32. The molecule has 0 unspecified atom stereocenters. The number of aliphatic hydroxyl groups excluding tert-OH is 1. The van der Waals surface area contributed by atoms with Crippen LogP contribution in [0.5, 0.6) is 5.75 Å². The van der Waals surface area contributed by atoms with Crippen molar-refractivity contribution in [1.29, 1.82) is 0 Å². The van der Waals surface area contributed by atoms with Gasteiger partial charge in [0.1, 0.15) is 12.4 Å². The number of ether oxygens (including phenoxy) is 1. The van der Waals surface area contributed by atoms with Crippen molar-refractivity contribution in [3.63, 3.8) is 0 Å². The van der Waals surface area contributed by atoms with Gasteiger partial charge in [-0.05, 0) is 43.7 Å². The third-order valence-electron chi connectivity index (χ3n) is 3.17. The Morgan fingerprint density at radius 1 is 1.35 bits per heavy atom. The van der Waals surface area contributed by atoms with Gasteiger partial charge in [0.05, 0.1) is 6.61 Å². The first-order valence-electron chi connectivity index (χ1n) is 6.03. The van der Waals surface area contributed by atoms with Gasteiger partial charge in [0, 0.05) is 17.6 Å². The summed E-state index contributed by atoms with van der Waals surface area (Å²) in [6.45, 7) is 2.84. The third kappa shape index (κ3) is 3.60. The number of likely N-dealkylation sites (tertiary alicyclic amines) is 1. The molecule has 1 saturated heterocycles. The molecule has 0 amide bonds. The number of rotatable bonds is 5. The summed E-state index contributed by atoms with van der Waals surface area (Å²) in [6.07, 6.45) is 2.27. The largest absolute Gasteiger partial charge is 0.492 e. The molecule has 1 N–H and O–H groups in total. The van der Waals surface area contributed by atoms with E-state index in [0.717, 1.165) is 30.3 Å². The molecule has 1 aliphatic rings. The first-order valence-corrected chi connectivity index (χ1v) is 6.40. The van der Waals surface area contributed by atoms with Crippen LogP contribution >= 0.6 is 11.6 Å². The van der Waals surface area contributed by atoms with Crippen molar-refractivity contribution in [2.75, 3.05) is 26.3 Å². The van der Waals surface area contributed by atoms with Crippen LogP contribution in [0, 0.1) is 0 Å². The lowest BCUT2D eigenvalue weighted by Crippen LogP contribution is -2.35. The fraction of sp³-hybridized carbons (Fsp3) is 0.538. The molecule has 1 aliphatic heterocycles. The van der Waals surface area contributed by atoms with Gasteiger partial charge >= 0.3 is 0 Å². The number of hydrogen-bond donors (Lipinski definition) is 1. The predicted molar refractivity (Wildman–Crippen MR) is 68.6 cm³/mol. The van der Waals surface area contributed by atoms with E-state index in [2.05, 4.69) is 4.90 Å². The minimum Gasteiger partial charge on any atom is -0.492 e. The van der Waals surface area contributed by atoms with Gasteiger partial charge in [-0.1, -0.05) is 11.6 Å². The first-order chi connectivity index (χ1) is 8.29. The van der Waals surface area contributed by atoms with Crippen molar-refractivity contribution < 1.29 is 9.84 Å². The molecule has 1 fully saturated rings. The molecule has 3 nitrogen and oxygen atoms in total. The number of nitrogens with zero attached hydrogens (tertiary/aromatic N) is 1. The van der Waals surface area contributed by atoms with E-state index in [4.69, 9.17) is 16.3 Å². The highest BCUT2D eigenvalue weighted by Crippen LogP contribution is 2.17. The summed E-state index contributed by atoms with van der Waals surface area (Å²) >= 11 is 5.80. The molecule has 0 bridgehead atoms. The molecule has 0 radical (unpaired) electrons. The smallest absolute Gasteiger partial charge is 0.119 e. The SMILES string of the molecule is OC[C@@H]1CCCN1CCOc1ccc(Cl)cc1. The van der Waals surface area contributed by atoms with Crippen molar-refractivity contribution in [1.82, 2.24) is 4.90 Å². The van der Waals surface area contributed by atoms with Crippen LogP contribution in [0.2, 0.25) is 5.02 Å². The fourth-order valence-corrected chi connectivity index (χ4v) is 2.33. The quantitative estimate of drug-likeness (QED) is 0.875. The zero-order valence-corrected chi connectivity index (χ0v) is 10.6. The van der Waals surface area contributed by atoms with E-state index < -0.39 is 0 Å². The standard InChI is InChI=1S/C13H18ClNO2/c14-11-3-5-13(6-4-11)17-9-8-15-7-1-2-12(15)10-16/h3-6,12,16H,1-2,7-10H2/t12-/m0/s1. The van der Waals surface area contributed by atoms with E-state index in [-0.39, 0.29) is 6.61 Å². The van der Waals surface area contributed by atoms with E-state index in [1.54, 1.807) is 0 Å². The molecule has 4 heteroatoms. The van der Waals surface area contributed by atoms with E-state index in [1.807, 2.05) is 24.3 Å². The normalized spacial score (nSPS) is 20.7. The molecule has 0 spiro atoms. The van der Waals surface area contributed by atoms with Gasteiger partial charge in [-0.3, -0.25) is 4.90 Å². The summed E-state index contributed by atoms with van der Waals surface area (Å²) in [5, 5.41) is 9.91. The van der Waals surface area contributed by atoms with Crippen LogP contribution in [-0.2, 0) is 0 Å². The Kier molecular flexibility index (Phi) is 4.66. The van der Waals surface area contributed by atoms with Crippen LogP contribution in [0.4, 0.5) is 0 Å². The van der Waals surface area contributed by atoms with E-state index in [0.29, 0.717) is 12.6 Å². The monoisotopic (exact) mass is 255 g/mol. The van der Waals surface area contributed by atoms with Gasteiger partial charge in [0.25, 0.3) is 0 Å². The molecular formula is C13H18ClNO2. The summed E-state index contributed by atoms with van der Waals surface area (Å²) in [5.74, 6) is 0.842. The molecule has 1 aromatic carbocycles. The Balaban J connectivity index is 1.74. The van der Waals surface area contributed by atoms with Gasteiger partial charge in [0.15, 0.2) is 0 Å². The predicted octanol–water partition coefficient (Wildman–Crippen LogP) is 2.18. The lowest BCUT2D eigenvalue weighted by Gasteiger charge is -2.22. The minimum atomic E-state index is 0.251. The maximum absolute atomic E-state index is 9.19. The Bertz CT molecular complexity index is 342. The first kappa shape index (κ1) is 12.7. The summed E-state index contributed by atoms with van der Waals surface area (Å²) in [6, 6.07) is 7.71. The van der Waals surface area contributed by atoms with Gasteiger partial charge in [0.2, 0.25) is 0 Å². The molecule has 0 aliphatic carbocycles. The van der Waals surface area contributed by atoms with Crippen LogP contribution < -0.4 is 4.74 Å². The molecule has 1 atom stereocenters. The summed E-state index contributed by atoms with van der Waals surface area (Å²) in [4.78, 5) is 2.29. The second kappa shape index (κ2) is 6.24. The zero-order chi connectivity index (χ0) is 12.1. The lowest BCUT2D eigenvalue weighted by atomic mass is 10.2. The van der Waals surface area contributed by atoms with Crippen molar-refractivity contribution in [2.45, 2.75) is 18.9 Å². The molecule has 2 rings (SSSR count). The van der Waals surface area contributed by atoms with Crippen LogP contribution in [-0.4, -0.2) is 42.4 Å². The Morgan fingerprint density at radius 2 is 2.12 bits per heavy atom. The molecule has 94 valence electrons. The summed E-state index contributed by atoms with van der Waals surface area (Å²) < 4.78 is 5.63. The molecule has 0 saturated carbocycles. The lowest BCUT2D eigenvalue weighted by molar-refractivity contribution is 0.139. The zero-order valence-electron chi connectivity index (χ0n) is 9.81. The molecular weight excluding hydrogens is 238 g/mol. The maximum Gasteiger partial charge on any atom is 0.119 e. The molecule has 1 aromatic rings. The third-order valence-corrected chi connectivity index (χ3v) is 3.42. The fourth-order valence-electron chi connectivity index (χ4n) is 2.21. The topological polar surface area (TPSA) is 32.7 Å². The minimum absolute atomic E-state index is 0.251. The van der Waals surface area contributed by atoms with Gasteiger partial charge in [-0.2, -0.15) is 0 Å². The molecule has 1 heterocycles. The van der Waals surface area contributed by atoms with Crippen molar-refractivity contribution >= 4 is 11.6 Å². The Morgan fingerprint density at radius 3 is 2.82 bits per heavy atom. The van der Waals surface area contributed by atoms with E-state index >= 15 is 0 Å². The number of hydrogen-bond acceptors (Lipinski definition) is 3. The average molecular weight is 256 g/mol. The van der Waals surface area contributed by atoms with Crippen LogP contribution in [0.3, 0.4) is 0 Å². The Hall–Kier alpha value is -0.770. The van der Waals surface area contributed by atoms with Crippen molar-refractivity contribution in [3.05, 3.63) is 29.3 Å². The van der Waals surface area contributed by atoms with Crippen LogP contribution in [0.25, 0.3) is 0 Å². The van der Waals surface area contributed by atoms with Crippen LogP contribution in [0.1, 0.15) is 12.8 Å². The summed E-state index contributed by atoms with van der Waals surface area (Å²) in [7, 11) is 0. The van der Waals surface area contributed by atoms with Gasteiger partial charge < -0.3 is 9.84 Å². The Labute approximate surface area is 107 Å². The number of aliphatic hydroxyl groups is 1. The highest BCUT2D eigenvalue weighted by Gasteiger charge is 2.22. The second-order valence-corrected chi connectivity index (χ2v) is 4.75. The molecule has 0 aromatic heterocycles. The van der Waals surface area contributed by atoms with Gasteiger partial charge in [-0.25, -0.2) is 0 Å². The highest BCUT2D eigenvalue weighted by molar-refractivity contribution is 6.30. The number of benzene rings is 1. The van der Waals surface area contributed by atoms with Gasteiger partial charge in [-0.15, -0.1) is 0 Å². The van der Waals surface area contributed by atoms with Crippen molar-refractivity contribution in [2.24, 2.45) is 0 Å². The van der Waals surface area contributed by atoms with E-state index in [9.17, 15) is 5.11 Å². The average Bonchev–Trinajstić information content (AvgIpc) is 2.79.